The van der Waals surface area contributed by atoms with E-state index in [9.17, 15) is 9.59 Å². The van der Waals surface area contributed by atoms with E-state index in [-0.39, 0.29) is 18.9 Å². The zero-order valence-corrected chi connectivity index (χ0v) is 9.83. The highest BCUT2D eigenvalue weighted by atomic mass is 16.4. The van der Waals surface area contributed by atoms with Crippen LogP contribution >= 0.6 is 0 Å². The number of rotatable bonds is 5. The van der Waals surface area contributed by atoms with Gasteiger partial charge in [0.05, 0.1) is 12.1 Å². The Kier molecular flexibility index (Phi) is 4.45. The van der Waals surface area contributed by atoms with Crippen molar-refractivity contribution in [1.82, 2.24) is 14.7 Å². The van der Waals surface area contributed by atoms with Crippen LogP contribution in [0.4, 0.5) is 0 Å². The van der Waals surface area contributed by atoms with E-state index in [4.69, 9.17) is 5.11 Å². The number of carboxylic acid groups (broad SMARTS) is 1. The van der Waals surface area contributed by atoms with E-state index in [0.29, 0.717) is 0 Å². The van der Waals surface area contributed by atoms with E-state index >= 15 is 0 Å². The third-order valence-electron chi connectivity index (χ3n) is 2.29. The Balaban J connectivity index is 2.51. The molecule has 0 spiro atoms. The van der Waals surface area contributed by atoms with Gasteiger partial charge in [-0.15, -0.1) is 0 Å². The lowest BCUT2D eigenvalue weighted by Gasteiger charge is -2.13. The monoisotopic (exact) mass is 237 g/mol. The molecule has 0 fully saturated rings. The lowest BCUT2D eigenvalue weighted by atomic mass is 10.3. The summed E-state index contributed by atoms with van der Waals surface area (Å²) in [5, 5.41) is 12.5. The Morgan fingerprint density at radius 3 is 2.82 bits per heavy atom. The second kappa shape index (κ2) is 5.83. The van der Waals surface area contributed by atoms with Crippen molar-refractivity contribution in [2.75, 3.05) is 13.6 Å². The molecule has 0 atom stereocenters. The van der Waals surface area contributed by atoms with Crippen molar-refractivity contribution >= 4 is 18.0 Å². The lowest BCUT2D eigenvalue weighted by Crippen LogP contribution is -2.27. The van der Waals surface area contributed by atoms with Crippen LogP contribution in [-0.2, 0) is 16.6 Å². The predicted octanol–water partition coefficient (Wildman–Crippen LogP) is 0.366. The molecule has 1 aromatic rings. The molecule has 1 N–H and O–H groups in total. The number of hydrogen-bond acceptors (Lipinski definition) is 3. The first-order valence-corrected chi connectivity index (χ1v) is 5.13. The van der Waals surface area contributed by atoms with Crippen LogP contribution in [0.1, 0.15) is 12.1 Å². The predicted molar refractivity (Wildman–Crippen MR) is 62.1 cm³/mol. The largest absolute Gasteiger partial charge is 0.481 e. The normalized spacial score (nSPS) is 10.7. The number of hydrogen-bond donors (Lipinski definition) is 1. The Morgan fingerprint density at radius 1 is 1.59 bits per heavy atom. The summed E-state index contributed by atoms with van der Waals surface area (Å²) in [6.45, 7) is 0.198. The number of nitrogens with zero attached hydrogens (tertiary/aromatic N) is 3. The third kappa shape index (κ3) is 4.10. The van der Waals surface area contributed by atoms with Gasteiger partial charge in [-0.25, -0.2) is 0 Å². The molecule has 92 valence electrons. The number of carbonyl (C=O) groups excluding carboxylic acids is 1. The number of aryl methyl sites for hydroxylation is 1. The Bertz CT molecular complexity index is 437. The van der Waals surface area contributed by atoms with Crippen molar-refractivity contribution in [3.05, 3.63) is 24.0 Å². The van der Waals surface area contributed by atoms with Gasteiger partial charge in [-0.05, 0) is 12.1 Å². The smallest absolute Gasteiger partial charge is 0.305 e. The summed E-state index contributed by atoms with van der Waals surface area (Å²) in [5.41, 5.74) is 0.810. The molecule has 6 heteroatoms. The highest BCUT2D eigenvalue weighted by Crippen LogP contribution is 2.00. The van der Waals surface area contributed by atoms with E-state index < -0.39 is 5.97 Å². The van der Waals surface area contributed by atoms with Gasteiger partial charge in [-0.1, -0.05) is 0 Å². The van der Waals surface area contributed by atoms with Gasteiger partial charge in [0.1, 0.15) is 0 Å². The van der Waals surface area contributed by atoms with Gasteiger partial charge in [-0.2, -0.15) is 5.10 Å². The molecule has 1 rings (SSSR count). The highest BCUT2D eigenvalue weighted by Gasteiger charge is 2.07. The van der Waals surface area contributed by atoms with Crippen LogP contribution in [0.2, 0.25) is 0 Å². The van der Waals surface area contributed by atoms with Crippen LogP contribution in [0.25, 0.3) is 6.08 Å². The van der Waals surface area contributed by atoms with Crippen LogP contribution < -0.4 is 0 Å². The van der Waals surface area contributed by atoms with Gasteiger partial charge in [-0.3, -0.25) is 14.3 Å². The Morgan fingerprint density at radius 2 is 2.29 bits per heavy atom. The minimum Gasteiger partial charge on any atom is -0.481 e. The number of carboxylic acids is 1. The molecule has 0 bridgehead atoms. The zero-order chi connectivity index (χ0) is 12.8. The summed E-state index contributed by atoms with van der Waals surface area (Å²) in [6, 6.07) is 1.78. The van der Waals surface area contributed by atoms with Crippen LogP contribution in [0.15, 0.2) is 18.3 Å². The van der Waals surface area contributed by atoms with E-state index in [0.717, 1.165) is 5.69 Å². The minimum atomic E-state index is -0.916. The van der Waals surface area contributed by atoms with Crippen molar-refractivity contribution in [3.8, 4) is 0 Å². The summed E-state index contributed by atoms with van der Waals surface area (Å²) in [5.74, 6) is -1.15. The molecule has 1 amide bonds. The molecule has 0 saturated carbocycles. The summed E-state index contributed by atoms with van der Waals surface area (Å²) in [7, 11) is 3.34. The fourth-order valence-corrected chi connectivity index (χ4v) is 1.21. The van der Waals surface area contributed by atoms with Crippen LogP contribution in [0.3, 0.4) is 0 Å². The highest BCUT2D eigenvalue weighted by molar-refractivity contribution is 5.91. The van der Waals surface area contributed by atoms with Crippen molar-refractivity contribution in [2.24, 2.45) is 7.05 Å². The lowest BCUT2D eigenvalue weighted by molar-refractivity contribution is -0.137. The molecule has 0 aromatic carbocycles. The standard InChI is InChI=1S/C11H15N3O3/c1-13(8-6-11(16)17)10(15)4-3-9-5-7-12-14(9)2/h3-5,7H,6,8H2,1-2H3,(H,16,17). The van der Waals surface area contributed by atoms with E-state index in [2.05, 4.69) is 5.10 Å². The molecule has 0 saturated heterocycles. The van der Waals surface area contributed by atoms with Crippen LogP contribution in [-0.4, -0.2) is 45.3 Å². The van der Waals surface area contributed by atoms with Gasteiger partial charge in [0, 0.05) is 32.9 Å². The van der Waals surface area contributed by atoms with Crippen LogP contribution in [0.5, 0.6) is 0 Å². The van der Waals surface area contributed by atoms with Crippen molar-refractivity contribution in [2.45, 2.75) is 6.42 Å². The molecule has 0 aliphatic carbocycles. The minimum absolute atomic E-state index is 0.0538. The van der Waals surface area contributed by atoms with Gasteiger partial charge in [0.25, 0.3) is 0 Å². The molecule has 0 aliphatic rings. The average molecular weight is 237 g/mol. The first-order chi connectivity index (χ1) is 8.00. The fraction of sp³-hybridized carbons (Fsp3) is 0.364. The number of aromatic nitrogens is 2. The molecule has 0 unspecified atom stereocenters. The maximum Gasteiger partial charge on any atom is 0.305 e. The van der Waals surface area contributed by atoms with E-state index in [1.165, 1.54) is 11.0 Å². The Labute approximate surface area is 99.1 Å². The quantitative estimate of drug-likeness (QED) is 0.750. The molecular formula is C11H15N3O3. The van der Waals surface area contributed by atoms with Gasteiger partial charge >= 0.3 is 5.97 Å². The Hall–Kier alpha value is -2.11. The SMILES string of the molecule is CN(CCC(=O)O)C(=O)C=Cc1ccnn1C. The number of amides is 1. The van der Waals surface area contributed by atoms with Gasteiger partial charge in [0.2, 0.25) is 5.91 Å². The zero-order valence-electron chi connectivity index (χ0n) is 9.83. The molecule has 1 aromatic heterocycles. The average Bonchev–Trinajstić information content (AvgIpc) is 2.68. The summed E-state index contributed by atoms with van der Waals surface area (Å²) < 4.78 is 1.64. The first-order valence-electron chi connectivity index (χ1n) is 5.13. The first kappa shape index (κ1) is 13.0. The van der Waals surface area contributed by atoms with Gasteiger partial charge < -0.3 is 10.0 Å². The summed E-state index contributed by atoms with van der Waals surface area (Å²) in [6.07, 6.45) is 4.63. The maximum atomic E-state index is 11.6. The topological polar surface area (TPSA) is 75.4 Å². The second-order valence-corrected chi connectivity index (χ2v) is 3.62. The number of likely N-dealkylation sites (N-methyl/N-ethyl adjacent to an activating group) is 1. The van der Waals surface area contributed by atoms with Crippen LogP contribution in [0, 0.1) is 0 Å². The summed E-state index contributed by atoms with van der Waals surface area (Å²) in [4.78, 5) is 23.3. The maximum absolute atomic E-state index is 11.6. The molecule has 0 aliphatic heterocycles. The van der Waals surface area contributed by atoms with Crippen molar-refractivity contribution < 1.29 is 14.7 Å². The molecule has 17 heavy (non-hydrogen) atoms. The fourth-order valence-electron chi connectivity index (χ4n) is 1.21. The molecule has 6 nitrogen and oxygen atoms in total. The number of carbonyl (C=O) groups is 2. The second-order valence-electron chi connectivity index (χ2n) is 3.62. The van der Waals surface area contributed by atoms with E-state index in [1.54, 1.807) is 37.1 Å². The van der Waals surface area contributed by atoms with Crippen molar-refractivity contribution in [3.63, 3.8) is 0 Å². The molecule has 1 heterocycles. The number of aliphatic carboxylic acids is 1. The molecule has 0 radical (unpaired) electrons. The summed E-state index contributed by atoms with van der Waals surface area (Å²) >= 11 is 0. The van der Waals surface area contributed by atoms with Gasteiger partial charge in [0.15, 0.2) is 0 Å². The third-order valence-corrected chi connectivity index (χ3v) is 2.29. The van der Waals surface area contributed by atoms with Crippen molar-refractivity contribution in [1.29, 1.82) is 0 Å². The molecular weight excluding hydrogens is 222 g/mol. The van der Waals surface area contributed by atoms with E-state index in [1.807, 2.05) is 0 Å².